The summed E-state index contributed by atoms with van der Waals surface area (Å²) in [6.07, 6.45) is 0.142. The number of carbonyl (C=O) groups excluding carboxylic acids is 2. The molecule has 5 saturated carbocycles. The number of aliphatic hydroxyl groups is 1. The van der Waals surface area contributed by atoms with Crippen LogP contribution < -0.4 is 4.74 Å². The van der Waals surface area contributed by atoms with Crippen LogP contribution in [0.1, 0.15) is 49.9 Å². The second-order valence-corrected chi connectivity index (χ2v) is 14.6. The van der Waals surface area contributed by atoms with Crippen LogP contribution >= 0.6 is 0 Å². The van der Waals surface area contributed by atoms with Gasteiger partial charge in [-0.15, -0.1) is 0 Å². The molecule has 0 unspecified atom stereocenters. The minimum absolute atomic E-state index is 0.00534. The smallest absolute Gasteiger partial charge is 0.338 e. The van der Waals surface area contributed by atoms with Crippen molar-refractivity contribution in [2.75, 3.05) is 55.2 Å². The SMILES string of the molecule is CCN1C[C@@]2(COC)CC[C@H](OC)[C@@]34[C@@H]1[C@H]([C@H](OC)[C@H]23)[C@@]1(OC(C)=O)C[C@@H](OC)[C@]2(O)C[C@H]4[C@H]1[C@@H]2OC(=O)c1ccc(OC)cc1. The van der Waals surface area contributed by atoms with Crippen molar-refractivity contribution in [3.8, 4) is 5.75 Å². The molecule has 1 aliphatic heterocycles. The molecule has 1 aromatic carbocycles. The average molecular weight is 644 g/mol. The highest BCUT2D eigenvalue weighted by Gasteiger charge is 2.89. The number of likely N-dealkylation sites (tertiary alicyclic amines) is 1. The number of esters is 2. The van der Waals surface area contributed by atoms with Gasteiger partial charge in [-0.1, -0.05) is 6.92 Å². The normalized spacial score (nSPS) is 46.6. The number of hydrogen-bond acceptors (Lipinski definition) is 11. The molecule has 1 spiro atoms. The van der Waals surface area contributed by atoms with Gasteiger partial charge < -0.3 is 38.3 Å². The number of methoxy groups -OCH3 is 5. The van der Waals surface area contributed by atoms with Crippen LogP contribution in [-0.2, 0) is 33.2 Å². The fourth-order valence-electron chi connectivity index (χ4n) is 12.4. The Balaban J connectivity index is 1.46. The van der Waals surface area contributed by atoms with E-state index in [1.807, 2.05) is 0 Å². The lowest BCUT2D eigenvalue weighted by Gasteiger charge is -2.69. The first kappa shape index (κ1) is 32.3. The third kappa shape index (κ3) is 3.87. The van der Waals surface area contributed by atoms with Gasteiger partial charge in [0.2, 0.25) is 0 Å². The van der Waals surface area contributed by atoms with Gasteiger partial charge in [-0.05, 0) is 56.0 Å². The minimum Gasteiger partial charge on any atom is -0.497 e. The minimum atomic E-state index is -1.51. The van der Waals surface area contributed by atoms with E-state index in [0.29, 0.717) is 24.3 Å². The van der Waals surface area contributed by atoms with Gasteiger partial charge in [0.25, 0.3) is 0 Å². The zero-order valence-electron chi connectivity index (χ0n) is 28.0. The van der Waals surface area contributed by atoms with Crippen LogP contribution in [0, 0.1) is 34.5 Å². The van der Waals surface area contributed by atoms with Gasteiger partial charge >= 0.3 is 11.9 Å². The Labute approximate surface area is 271 Å². The fourth-order valence-corrected chi connectivity index (χ4v) is 12.4. The highest BCUT2D eigenvalue weighted by Crippen LogP contribution is 2.80. The molecular weight excluding hydrogens is 594 g/mol. The number of benzene rings is 1. The van der Waals surface area contributed by atoms with E-state index < -0.39 is 46.7 Å². The third-order valence-corrected chi connectivity index (χ3v) is 13.3. The number of nitrogens with zero attached hydrogens (tertiary/aromatic N) is 1. The summed E-state index contributed by atoms with van der Waals surface area (Å²) >= 11 is 0. The highest BCUT2D eigenvalue weighted by atomic mass is 16.6. The second-order valence-electron chi connectivity index (χ2n) is 14.6. The quantitative estimate of drug-likeness (QED) is 0.379. The van der Waals surface area contributed by atoms with E-state index in [9.17, 15) is 14.7 Å². The second kappa shape index (κ2) is 11.1. The molecule has 6 fully saturated rings. The fraction of sp³-hybridized carbons (Fsp3) is 0.771. The summed E-state index contributed by atoms with van der Waals surface area (Å²) < 4.78 is 43.6. The first-order chi connectivity index (χ1) is 22.1. The van der Waals surface area contributed by atoms with Crippen molar-refractivity contribution < 1.29 is 47.9 Å². The van der Waals surface area contributed by atoms with Crippen LogP contribution in [0.4, 0.5) is 0 Å². The Kier molecular flexibility index (Phi) is 7.81. The maximum Gasteiger partial charge on any atom is 0.338 e. The number of carbonyl (C=O) groups is 2. The van der Waals surface area contributed by atoms with Crippen molar-refractivity contribution in [3.05, 3.63) is 29.8 Å². The van der Waals surface area contributed by atoms with Gasteiger partial charge in [0.05, 0.1) is 37.6 Å². The van der Waals surface area contributed by atoms with E-state index in [2.05, 4.69) is 11.8 Å². The topological polar surface area (TPSA) is 122 Å². The molecule has 1 aromatic rings. The maximum atomic E-state index is 13.9. The summed E-state index contributed by atoms with van der Waals surface area (Å²) in [4.78, 5) is 29.7. The molecule has 0 radical (unpaired) electrons. The lowest BCUT2D eigenvalue weighted by atomic mass is 9.43. The molecule has 11 heteroatoms. The third-order valence-electron chi connectivity index (χ3n) is 13.3. The van der Waals surface area contributed by atoms with Gasteiger partial charge in [-0.3, -0.25) is 9.69 Å². The zero-order valence-corrected chi connectivity index (χ0v) is 28.0. The van der Waals surface area contributed by atoms with Gasteiger partial charge in [0, 0.05) is 83.0 Å². The summed E-state index contributed by atoms with van der Waals surface area (Å²) in [6.45, 7) is 5.80. The van der Waals surface area contributed by atoms with E-state index in [-0.39, 0.29) is 47.8 Å². The molecule has 13 atom stereocenters. The lowest BCUT2D eigenvalue weighted by Crippen LogP contribution is -2.77. The first-order valence-electron chi connectivity index (χ1n) is 16.6. The molecule has 1 heterocycles. The van der Waals surface area contributed by atoms with Crippen molar-refractivity contribution in [2.24, 2.45) is 34.5 Å². The Morgan fingerprint density at radius 2 is 1.70 bits per heavy atom. The van der Waals surface area contributed by atoms with Crippen molar-refractivity contribution in [1.82, 2.24) is 4.90 Å². The molecule has 0 aromatic heterocycles. The highest BCUT2D eigenvalue weighted by molar-refractivity contribution is 5.89. The Hall–Kier alpha value is -2.28. The van der Waals surface area contributed by atoms with E-state index in [1.54, 1.807) is 59.8 Å². The number of piperidine rings is 1. The van der Waals surface area contributed by atoms with Crippen molar-refractivity contribution in [2.45, 2.75) is 81.2 Å². The molecule has 7 bridgehead atoms. The molecule has 1 saturated heterocycles. The van der Waals surface area contributed by atoms with Gasteiger partial charge in [0.15, 0.2) is 0 Å². The van der Waals surface area contributed by atoms with Crippen LogP contribution in [0.3, 0.4) is 0 Å². The summed E-state index contributed by atoms with van der Waals surface area (Å²) in [7, 11) is 8.44. The van der Waals surface area contributed by atoms with Crippen LogP contribution in [0.2, 0.25) is 0 Å². The molecule has 11 nitrogen and oxygen atoms in total. The molecule has 6 aliphatic rings. The first-order valence-corrected chi connectivity index (χ1v) is 16.6. The van der Waals surface area contributed by atoms with Crippen molar-refractivity contribution in [1.29, 1.82) is 0 Å². The zero-order chi connectivity index (χ0) is 32.8. The standard InChI is InChI=1S/C35H49NO10/c1-8-36-17-32(18-40-3)14-13-23(42-5)35-22-15-33(39)24(43-6)16-34(46-19(2)37,26(29(35)36)27(44-7)28(32)35)25(22)30(33)45-31(38)20-9-11-21(41-4)12-10-20/h9-12,22-30,39H,8,13-18H2,1-7H3/t22-,23-,24+,25-,26-,27-,28+,29-,30-,32+,33+,34+,35+/m0/s1. The van der Waals surface area contributed by atoms with Crippen LogP contribution in [-0.4, -0.2) is 119 Å². The summed E-state index contributed by atoms with van der Waals surface area (Å²) in [5, 5.41) is 12.8. The molecule has 1 N–H and O–H groups in total. The average Bonchev–Trinajstić information content (AvgIpc) is 3.42. The predicted molar refractivity (Wildman–Crippen MR) is 164 cm³/mol. The van der Waals surface area contributed by atoms with Crippen LogP contribution in [0.5, 0.6) is 5.75 Å². The number of rotatable bonds is 10. The lowest BCUT2D eigenvalue weighted by molar-refractivity contribution is -0.287. The summed E-state index contributed by atoms with van der Waals surface area (Å²) in [5.74, 6) is -1.38. The number of hydrogen-bond donors (Lipinski definition) is 1. The van der Waals surface area contributed by atoms with E-state index >= 15 is 0 Å². The predicted octanol–water partition coefficient (Wildman–Crippen LogP) is 2.72. The van der Waals surface area contributed by atoms with Crippen LogP contribution in [0.15, 0.2) is 24.3 Å². The summed E-state index contributed by atoms with van der Waals surface area (Å²) in [6, 6.07) is 6.66. The largest absolute Gasteiger partial charge is 0.497 e. The Morgan fingerprint density at radius 3 is 2.28 bits per heavy atom. The Bertz CT molecular complexity index is 1360. The molecule has 254 valence electrons. The monoisotopic (exact) mass is 643 g/mol. The van der Waals surface area contributed by atoms with Crippen LogP contribution in [0.25, 0.3) is 0 Å². The molecule has 46 heavy (non-hydrogen) atoms. The maximum absolute atomic E-state index is 13.9. The van der Waals surface area contributed by atoms with Gasteiger partial charge in [-0.2, -0.15) is 0 Å². The van der Waals surface area contributed by atoms with E-state index in [1.165, 1.54) is 6.92 Å². The van der Waals surface area contributed by atoms with Crippen molar-refractivity contribution >= 4 is 11.9 Å². The Morgan fingerprint density at radius 1 is 0.978 bits per heavy atom. The molecular formula is C35H49NO10. The summed E-state index contributed by atoms with van der Waals surface area (Å²) in [5.41, 5.74) is -3.03. The van der Waals surface area contributed by atoms with Gasteiger partial charge in [0.1, 0.15) is 23.1 Å². The number of ether oxygens (including phenoxy) is 7. The molecule has 0 amide bonds. The van der Waals surface area contributed by atoms with E-state index in [4.69, 9.17) is 33.2 Å². The molecule has 5 aliphatic carbocycles. The van der Waals surface area contributed by atoms with E-state index in [0.717, 1.165) is 25.9 Å². The van der Waals surface area contributed by atoms with Gasteiger partial charge in [-0.25, -0.2) is 4.79 Å². The van der Waals surface area contributed by atoms with Crippen molar-refractivity contribution in [3.63, 3.8) is 0 Å². The number of fused-ring (bicyclic) bond motifs is 2. The molecule has 7 rings (SSSR count).